The van der Waals surface area contributed by atoms with E-state index in [0.29, 0.717) is 12.1 Å². The lowest BCUT2D eigenvalue weighted by Gasteiger charge is -2.31. The molecule has 1 heterocycles. The van der Waals surface area contributed by atoms with Crippen LogP contribution in [0.25, 0.3) is 10.9 Å². The van der Waals surface area contributed by atoms with Crippen LogP contribution in [0.15, 0.2) is 30.5 Å². The molecule has 0 atom stereocenters. The number of amides is 1. The number of fused-ring (bicyclic) bond motifs is 1. The summed E-state index contributed by atoms with van der Waals surface area (Å²) in [5.74, 6) is -0.0595. The summed E-state index contributed by atoms with van der Waals surface area (Å²) in [6, 6.07) is 7.65. The van der Waals surface area contributed by atoms with Crippen molar-refractivity contribution in [3.8, 4) is 0 Å². The van der Waals surface area contributed by atoms with Gasteiger partial charge in [0, 0.05) is 30.4 Å². The topological polar surface area (TPSA) is 65.1 Å². The fourth-order valence-corrected chi connectivity index (χ4v) is 2.74. The van der Waals surface area contributed by atoms with Crippen LogP contribution < -0.4 is 5.32 Å². The third-order valence-electron chi connectivity index (χ3n) is 4.58. The van der Waals surface area contributed by atoms with Crippen molar-refractivity contribution < 1.29 is 9.90 Å². The Morgan fingerprint density at radius 1 is 1.29 bits per heavy atom. The summed E-state index contributed by atoms with van der Waals surface area (Å²) in [5.41, 5.74) is 1.62. The Bertz CT molecular complexity index is 600. The summed E-state index contributed by atoms with van der Waals surface area (Å²) in [4.78, 5) is 15.4. The van der Waals surface area contributed by atoms with E-state index >= 15 is 0 Å². The molecule has 1 aromatic carbocycles. The van der Waals surface area contributed by atoms with Crippen molar-refractivity contribution in [3.63, 3.8) is 0 Å². The van der Waals surface area contributed by atoms with Gasteiger partial charge in [0.15, 0.2) is 0 Å². The molecule has 4 heteroatoms. The molecule has 2 rings (SSSR count). The summed E-state index contributed by atoms with van der Waals surface area (Å²) in [7, 11) is 0. The molecule has 0 aliphatic carbocycles. The zero-order valence-electron chi connectivity index (χ0n) is 12.8. The first-order valence-electron chi connectivity index (χ1n) is 7.60. The average Bonchev–Trinajstić information content (AvgIpc) is 2.98. The summed E-state index contributed by atoms with van der Waals surface area (Å²) in [5, 5.41) is 13.3. The number of H-pyrrole nitrogens is 1. The van der Waals surface area contributed by atoms with Crippen molar-refractivity contribution in [2.75, 3.05) is 13.2 Å². The first-order valence-corrected chi connectivity index (χ1v) is 7.60. The number of aliphatic hydroxyl groups is 1. The molecule has 0 fully saturated rings. The van der Waals surface area contributed by atoms with E-state index in [0.717, 1.165) is 30.2 Å². The van der Waals surface area contributed by atoms with Crippen LogP contribution in [-0.2, 0) is 0 Å². The molecule has 2 aromatic rings. The molecule has 0 aliphatic heterocycles. The van der Waals surface area contributed by atoms with Crippen LogP contribution in [0.2, 0.25) is 0 Å². The van der Waals surface area contributed by atoms with Gasteiger partial charge >= 0.3 is 0 Å². The fourth-order valence-electron chi connectivity index (χ4n) is 2.74. The number of hydrogen-bond acceptors (Lipinski definition) is 2. The van der Waals surface area contributed by atoms with Crippen LogP contribution in [0.1, 0.15) is 43.5 Å². The van der Waals surface area contributed by atoms with E-state index in [1.807, 2.05) is 30.5 Å². The van der Waals surface area contributed by atoms with E-state index in [1.165, 1.54) is 0 Å². The molecule has 4 nitrogen and oxygen atoms in total. The zero-order valence-corrected chi connectivity index (χ0v) is 12.8. The number of aromatic amines is 1. The van der Waals surface area contributed by atoms with E-state index in [2.05, 4.69) is 24.1 Å². The number of hydrogen-bond donors (Lipinski definition) is 3. The third-order valence-corrected chi connectivity index (χ3v) is 4.58. The van der Waals surface area contributed by atoms with Crippen molar-refractivity contribution in [1.29, 1.82) is 0 Å². The first kappa shape index (κ1) is 15.6. The van der Waals surface area contributed by atoms with Crippen molar-refractivity contribution in [3.05, 3.63) is 36.0 Å². The number of carbonyl (C=O) groups excluding carboxylic acids is 1. The summed E-state index contributed by atoms with van der Waals surface area (Å²) in [6.45, 7) is 4.97. The van der Waals surface area contributed by atoms with Crippen LogP contribution in [0.5, 0.6) is 0 Å². The fraction of sp³-hybridized carbons (Fsp3) is 0.471. The molecule has 0 bridgehead atoms. The molecule has 0 unspecified atom stereocenters. The molecule has 1 aromatic heterocycles. The van der Waals surface area contributed by atoms with Gasteiger partial charge in [-0.25, -0.2) is 0 Å². The van der Waals surface area contributed by atoms with E-state index in [1.54, 1.807) is 0 Å². The Balaban J connectivity index is 2.06. The summed E-state index contributed by atoms with van der Waals surface area (Å²) in [6.07, 6.45) is 4.47. The second kappa shape index (κ2) is 6.76. The molecular weight excluding hydrogens is 264 g/mol. The molecule has 0 spiro atoms. The largest absolute Gasteiger partial charge is 0.396 e. The van der Waals surface area contributed by atoms with E-state index in [-0.39, 0.29) is 17.9 Å². The molecule has 1 amide bonds. The van der Waals surface area contributed by atoms with Crippen LogP contribution in [0.3, 0.4) is 0 Å². The standard InChI is InChI=1S/C17H24N2O2/c1-3-17(4-2,8-10-20)12-19-16(21)14-6-5-13-7-9-18-15(13)11-14/h5-7,9,11,18,20H,3-4,8,10,12H2,1-2H3,(H,19,21). The van der Waals surface area contributed by atoms with Crippen LogP contribution >= 0.6 is 0 Å². The number of carbonyl (C=O) groups is 1. The first-order chi connectivity index (χ1) is 10.1. The van der Waals surface area contributed by atoms with Gasteiger partial charge in [-0.2, -0.15) is 0 Å². The number of aliphatic hydroxyl groups excluding tert-OH is 1. The Morgan fingerprint density at radius 2 is 2.05 bits per heavy atom. The minimum atomic E-state index is -0.0595. The lowest BCUT2D eigenvalue weighted by molar-refractivity contribution is 0.0907. The second-order valence-electron chi connectivity index (χ2n) is 5.64. The van der Waals surface area contributed by atoms with Crippen LogP contribution in [-0.4, -0.2) is 29.1 Å². The maximum Gasteiger partial charge on any atom is 0.251 e. The van der Waals surface area contributed by atoms with Crippen molar-refractivity contribution >= 4 is 16.8 Å². The number of benzene rings is 1. The Labute approximate surface area is 125 Å². The molecular formula is C17H24N2O2. The van der Waals surface area contributed by atoms with Crippen LogP contribution in [0.4, 0.5) is 0 Å². The zero-order chi connectivity index (χ0) is 15.3. The van der Waals surface area contributed by atoms with Gasteiger partial charge in [-0.05, 0) is 48.3 Å². The quantitative estimate of drug-likeness (QED) is 0.733. The predicted octanol–water partition coefficient (Wildman–Crippen LogP) is 3.09. The van der Waals surface area contributed by atoms with Crippen molar-refractivity contribution in [1.82, 2.24) is 10.3 Å². The summed E-state index contributed by atoms with van der Waals surface area (Å²) >= 11 is 0. The van der Waals surface area contributed by atoms with Crippen molar-refractivity contribution in [2.45, 2.75) is 33.1 Å². The third kappa shape index (κ3) is 3.45. The number of nitrogens with one attached hydrogen (secondary N) is 2. The molecule has 21 heavy (non-hydrogen) atoms. The number of aromatic nitrogens is 1. The minimum absolute atomic E-state index is 0.0130. The summed E-state index contributed by atoms with van der Waals surface area (Å²) < 4.78 is 0. The minimum Gasteiger partial charge on any atom is -0.396 e. The van der Waals surface area contributed by atoms with Gasteiger partial charge in [0.05, 0.1) is 0 Å². The van der Waals surface area contributed by atoms with Crippen molar-refractivity contribution in [2.24, 2.45) is 5.41 Å². The number of rotatable bonds is 7. The smallest absolute Gasteiger partial charge is 0.251 e. The SMILES string of the molecule is CCC(CC)(CCO)CNC(=O)c1ccc2cc[nH]c2c1. The highest BCUT2D eigenvalue weighted by Crippen LogP contribution is 2.29. The maximum absolute atomic E-state index is 12.3. The Hall–Kier alpha value is -1.81. The van der Waals surface area contributed by atoms with E-state index in [4.69, 9.17) is 0 Å². The van der Waals surface area contributed by atoms with Crippen LogP contribution in [0, 0.1) is 5.41 Å². The molecule has 0 saturated carbocycles. The maximum atomic E-state index is 12.3. The molecule has 0 radical (unpaired) electrons. The van der Waals surface area contributed by atoms with Gasteiger partial charge in [0.25, 0.3) is 5.91 Å². The lowest BCUT2D eigenvalue weighted by atomic mass is 9.79. The molecule has 114 valence electrons. The van der Waals surface area contributed by atoms with Gasteiger partial charge in [-0.15, -0.1) is 0 Å². The van der Waals surface area contributed by atoms with Gasteiger partial charge < -0.3 is 15.4 Å². The highest BCUT2D eigenvalue weighted by molar-refractivity contribution is 5.97. The lowest BCUT2D eigenvalue weighted by Crippen LogP contribution is -2.37. The van der Waals surface area contributed by atoms with Gasteiger partial charge in [0.2, 0.25) is 0 Å². The Morgan fingerprint density at radius 3 is 2.71 bits per heavy atom. The highest BCUT2D eigenvalue weighted by atomic mass is 16.3. The van der Waals surface area contributed by atoms with E-state index in [9.17, 15) is 9.90 Å². The second-order valence-corrected chi connectivity index (χ2v) is 5.64. The molecule has 3 N–H and O–H groups in total. The highest BCUT2D eigenvalue weighted by Gasteiger charge is 2.26. The predicted molar refractivity (Wildman–Crippen MR) is 85.3 cm³/mol. The molecule has 0 aliphatic rings. The molecule has 0 saturated heterocycles. The average molecular weight is 288 g/mol. The normalized spacial score (nSPS) is 11.8. The van der Waals surface area contributed by atoms with Gasteiger partial charge in [-0.3, -0.25) is 4.79 Å². The van der Waals surface area contributed by atoms with Gasteiger partial charge in [-0.1, -0.05) is 19.9 Å². The van der Waals surface area contributed by atoms with E-state index < -0.39 is 0 Å². The van der Waals surface area contributed by atoms with Gasteiger partial charge in [0.1, 0.15) is 0 Å². The monoisotopic (exact) mass is 288 g/mol. The Kier molecular flexibility index (Phi) is 5.02.